The summed E-state index contributed by atoms with van der Waals surface area (Å²) in [6.45, 7) is 6.06. The lowest BCUT2D eigenvalue weighted by Crippen LogP contribution is -2.50. The zero-order valence-corrected chi connectivity index (χ0v) is 12.4. The fraction of sp³-hybridized carbons (Fsp3) is 0.615. The van der Waals surface area contributed by atoms with Crippen molar-refractivity contribution in [3.8, 4) is 0 Å². The van der Waals surface area contributed by atoms with E-state index in [1.807, 2.05) is 6.92 Å². The number of halogens is 1. The Morgan fingerprint density at radius 2 is 2.28 bits per heavy atom. The maximum absolute atomic E-state index is 12.0. The van der Waals surface area contributed by atoms with Gasteiger partial charge in [-0.3, -0.25) is 4.79 Å². The van der Waals surface area contributed by atoms with Crippen LogP contribution < -0.4 is 10.6 Å². The molecular formula is C13H21ClN2OS. The van der Waals surface area contributed by atoms with Crippen LogP contribution in [0.1, 0.15) is 18.7 Å². The number of hydrogen-bond donors (Lipinski definition) is 2. The zero-order chi connectivity index (χ0) is 12.3. The van der Waals surface area contributed by atoms with E-state index in [1.165, 1.54) is 4.88 Å². The lowest BCUT2D eigenvalue weighted by molar-refractivity contribution is -0.127. The van der Waals surface area contributed by atoms with Gasteiger partial charge < -0.3 is 10.6 Å². The third kappa shape index (κ3) is 3.97. The van der Waals surface area contributed by atoms with Crippen molar-refractivity contribution < 1.29 is 4.79 Å². The minimum atomic E-state index is 0. The summed E-state index contributed by atoms with van der Waals surface area (Å²) in [5.41, 5.74) is 0. The van der Waals surface area contributed by atoms with Crippen LogP contribution in [0.3, 0.4) is 0 Å². The van der Waals surface area contributed by atoms with Crippen molar-refractivity contribution in [1.29, 1.82) is 0 Å². The van der Waals surface area contributed by atoms with Crippen molar-refractivity contribution in [1.82, 2.24) is 10.6 Å². The second-order valence-electron chi connectivity index (χ2n) is 4.90. The van der Waals surface area contributed by atoms with Gasteiger partial charge in [0, 0.05) is 23.3 Å². The number of hydrogen-bond acceptors (Lipinski definition) is 3. The molecule has 0 spiro atoms. The number of rotatable bonds is 5. The molecule has 1 fully saturated rings. The third-order valence-corrected chi connectivity index (χ3v) is 4.31. The second-order valence-corrected chi connectivity index (χ2v) is 5.93. The minimum absolute atomic E-state index is 0. The average Bonchev–Trinajstić information content (AvgIpc) is 2.67. The van der Waals surface area contributed by atoms with Gasteiger partial charge in [-0.1, -0.05) is 13.0 Å². The highest BCUT2D eigenvalue weighted by Crippen LogP contribution is 2.16. The van der Waals surface area contributed by atoms with Crippen LogP contribution in [0, 0.1) is 11.8 Å². The van der Waals surface area contributed by atoms with Gasteiger partial charge in [0.15, 0.2) is 0 Å². The van der Waals surface area contributed by atoms with Gasteiger partial charge >= 0.3 is 0 Å². The number of carbonyl (C=O) groups excluding carboxylic acids is 1. The summed E-state index contributed by atoms with van der Waals surface area (Å²) in [5.74, 6) is 0.839. The SMILES string of the molecule is CC(Cc1cccs1)NC(=O)C(C)C1CNC1.Cl. The molecule has 102 valence electrons. The van der Waals surface area contributed by atoms with Crippen LogP contribution in [-0.2, 0) is 11.2 Å². The molecule has 2 atom stereocenters. The molecule has 0 aromatic carbocycles. The van der Waals surface area contributed by atoms with E-state index in [0.717, 1.165) is 19.5 Å². The first kappa shape index (κ1) is 15.5. The predicted octanol–water partition coefficient (Wildman–Crippen LogP) is 2.07. The van der Waals surface area contributed by atoms with Crippen molar-refractivity contribution in [2.45, 2.75) is 26.3 Å². The van der Waals surface area contributed by atoms with E-state index in [2.05, 4.69) is 35.1 Å². The highest BCUT2D eigenvalue weighted by molar-refractivity contribution is 7.09. The number of carbonyl (C=O) groups is 1. The van der Waals surface area contributed by atoms with Gasteiger partial charge in [-0.05, 0) is 37.4 Å². The Balaban J connectivity index is 0.00000162. The molecule has 1 saturated heterocycles. The van der Waals surface area contributed by atoms with Crippen LogP contribution in [0.4, 0.5) is 0 Å². The van der Waals surface area contributed by atoms with E-state index in [0.29, 0.717) is 5.92 Å². The summed E-state index contributed by atoms with van der Waals surface area (Å²) in [7, 11) is 0. The minimum Gasteiger partial charge on any atom is -0.353 e. The zero-order valence-electron chi connectivity index (χ0n) is 10.8. The van der Waals surface area contributed by atoms with Crippen LogP contribution in [0.25, 0.3) is 0 Å². The Morgan fingerprint density at radius 1 is 1.56 bits per heavy atom. The number of amides is 1. The van der Waals surface area contributed by atoms with Crippen LogP contribution in [0.2, 0.25) is 0 Å². The summed E-state index contributed by atoms with van der Waals surface area (Å²) in [4.78, 5) is 13.3. The normalized spacial score (nSPS) is 18.3. The molecule has 2 rings (SSSR count). The lowest BCUT2D eigenvalue weighted by atomic mass is 9.88. The van der Waals surface area contributed by atoms with Crippen LogP contribution in [-0.4, -0.2) is 25.0 Å². The molecule has 1 amide bonds. The molecule has 2 N–H and O–H groups in total. The smallest absolute Gasteiger partial charge is 0.223 e. The molecule has 1 aliphatic heterocycles. The summed E-state index contributed by atoms with van der Waals surface area (Å²) < 4.78 is 0. The molecule has 1 aromatic rings. The van der Waals surface area contributed by atoms with E-state index in [9.17, 15) is 4.79 Å². The van der Waals surface area contributed by atoms with E-state index in [1.54, 1.807) is 11.3 Å². The Kier molecular flexibility index (Phi) is 6.12. The van der Waals surface area contributed by atoms with Crippen LogP contribution in [0.15, 0.2) is 17.5 Å². The molecule has 0 bridgehead atoms. The van der Waals surface area contributed by atoms with E-state index < -0.39 is 0 Å². The van der Waals surface area contributed by atoms with Crippen LogP contribution in [0.5, 0.6) is 0 Å². The number of thiophene rings is 1. The van der Waals surface area contributed by atoms with Gasteiger partial charge in [0.1, 0.15) is 0 Å². The third-order valence-electron chi connectivity index (χ3n) is 3.41. The number of nitrogens with one attached hydrogen (secondary N) is 2. The second kappa shape index (κ2) is 7.12. The first-order chi connectivity index (χ1) is 8.16. The summed E-state index contributed by atoms with van der Waals surface area (Å²) in [6.07, 6.45) is 0.930. The largest absolute Gasteiger partial charge is 0.353 e. The molecule has 3 nitrogen and oxygen atoms in total. The van der Waals surface area contributed by atoms with Crippen LogP contribution >= 0.6 is 23.7 Å². The van der Waals surface area contributed by atoms with E-state index in [-0.39, 0.29) is 30.3 Å². The maximum atomic E-state index is 12.0. The fourth-order valence-corrected chi connectivity index (χ4v) is 2.87. The van der Waals surface area contributed by atoms with Crippen molar-refractivity contribution in [3.63, 3.8) is 0 Å². The van der Waals surface area contributed by atoms with Gasteiger partial charge in [0.2, 0.25) is 5.91 Å². The van der Waals surface area contributed by atoms with Gasteiger partial charge in [-0.2, -0.15) is 0 Å². The molecule has 18 heavy (non-hydrogen) atoms. The Bertz CT molecular complexity index is 365. The molecule has 0 aliphatic carbocycles. The molecule has 0 saturated carbocycles. The standard InChI is InChI=1S/C13H20N2OS.ClH/c1-9(6-12-4-3-5-17-12)15-13(16)10(2)11-7-14-8-11;/h3-5,9-11,14H,6-8H2,1-2H3,(H,15,16);1H. The van der Waals surface area contributed by atoms with Crippen molar-refractivity contribution in [2.75, 3.05) is 13.1 Å². The van der Waals surface area contributed by atoms with E-state index >= 15 is 0 Å². The van der Waals surface area contributed by atoms with Gasteiger partial charge in [0.25, 0.3) is 0 Å². The highest BCUT2D eigenvalue weighted by atomic mass is 35.5. The maximum Gasteiger partial charge on any atom is 0.223 e. The molecule has 0 radical (unpaired) electrons. The Hall–Kier alpha value is -0.580. The molecule has 1 aliphatic rings. The highest BCUT2D eigenvalue weighted by Gasteiger charge is 2.29. The first-order valence-electron chi connectivity index (χ1n) is 6.20. The molecular weight excluding hydrogens is 268 g/mol. The van der Waals surface area contributed by atoms with Crippen molar-refractivity contribution in [3.05, 3.63) is 22.4 Å². The van der Waals surface area contributed by atoms with E-state index in [4.69, 9.17) is 0 Å². The van der Waals surface area contributed by atoms with Gasteiger partial charge in [-0.25, -0.2) is 0 Å². The topological polar surface area (TPSA) is 41.1 Å². The lowest BCUT2D eigenvalue weighted by Gasteiger charge is -2.32. The quantitative estimate of drug-likeness (QED) is 0.871. The molecule has 5 heteroatoms. The fourth-order valence-electron chi connectivity index (χ4n) is 2.03. The molecule has 2 unspecified atom stereocenters. The van der Waals surface area contributed by atoms with Gasteiger partial charge in [0.05, 0.1) is 0 Å². The van der Waals surface area contributed by atoms with Crippen molar-refractivity contribution in [2.24, 2.45) is 11.8 Å². The van der Waals surface area contributed by atoms with Crippen molar-refractivity contribution >= 4 is 29.7 Å². The summed E-state index contributed by atoms with van der Waals surface area (Å²) >= 11 is 1.75. The Morgan fingerprint density at radius 3 is 2.78 bits per heavy atom. The monoisotopic (exact) mass is 288 g/mol. The average molecular weight is 289 g/mol. The molecule has 2 heterocycles. The Labute approximate surface area is 119 Å². The summed E-state index contributed by atoms with van der Waals surface area (Å²) in [6, 6.07) is 4.39. The van der Waals surface area contributed by atoms with Gasteiger partial charge in [-0.15, -0.1) is 23.7 Å². The molecule has 1 aromatic heterocycles. The predicted molar refractivity (Wildman–Crippen MR) is 78.4 cm³/mol. The summed E-state index contributed by atoms with van der Waals surface area (Å²) in [5, 5.41) is 8.39. The first-order valence-corrected chi connectivity index (χ1v) is 7.08.